The third kappa shape index (κ3) is 5.27. The van der Waals surface area contributed by atoms with Gasteiger partial charge in [-0.25, -0.2) is 18.6 Å². The Morgan fingerprint density at radius 3 is 2.61 bits per heavy atom. The van der Waals surface area contributed by atoms with Crippen LogP contribution in [0, 0.1) is 18.6 Å². The molecule has 6 nitrogen and oxygen atoms in total. The molecule has 1 heterocycles. The van der Waals surface area contributed by atoms with E-state index < -0.39 is 17.7 Å². The summed E-state index contributed by atoms with van der Waals surface area (Å²) in [4.78, 5) is 29.2. The molecule has 0 saturated heterocycles. The second-order valence-electron chi connectivity index (χ2n) is 7.14. The summed E-state index contributed by atoms with van der Waals surface area (Å²) in [6.07, 6.45) is 0. The molecule has 4 rings (SSSR count). The van der Waals surface area contributed by atoms with Crippen molar-refractivity contribution in [1.29, 1.82) is 0 Å². The van der Waals surface area contributed by atoms with Gasteiger partial charge in [-0.05, 0) is 54.4 Å². The molecule has 0 spiro atoms. The molecule has 0 fully saturated rings. The molecule has 4 aromatic rings. The van der Waals surface area contributed by atoms with Crippen molar-refractivity contribution >= 4 is 55.9 Å². The van der Waals surface area contributed by atoms with E-state index in [1.54, 1.807) is 30.3 Å². The molecule has 3 aromatic carbocycles. The van der Waals surface area contributed by atoms with Crippen LogP contribution >= 0.6 is 22.9 Å². The van der Waals surface area contributed by atoms with Crippen molar-refractivity contribution in [2.24, 2.45) is 0 Å². The first kappa shape index (κ1) is 22.6. The minimum Gasteiger partial charge on any atom is -0.334 e. The number of benzene rings is 3. The summed E-state index contributed by atoms with van der Waals surface area (Å²) in [6.45, 7) is 1.86. The second kappa shape index (κ2) is 9.51. The highest BCUT2D eigenvalue weighted by Crippen LogP contribution is 2.29. The maximum absolute atomic E-state index is 13.3. The number of anilines is 2. The Bertz CT molecular complexity index is 1360. The van der Waals surface area contributed by atoms with Crippen LogP contribution in [-0.4, -0.2) is 16.9 Å². The maximum atomic E-state index is 13.3. The molecule has 168 valence electrons. The number of carbonyl (C=O) groups excluding carboxylic acids is 2. The number of aromatic nitrogens is 1. The van der Waals surface area contributed by atoms with Crippen molar-refractivity contribution in [3.63, 3.8) is 0 Å². The van der Waals surface area contributed by atoms with Crippen LogP contribution in [0.15, 0.2) is 54.6 Å². The molecule has 0 saturated carbocycles. The van der Waals surface area contributed by atoms with E-state index in [1.807, 2.05) is 13.0 Å². The predicted molar refractivity (Wildman–Crippen MR) is 126 cm³/mol. The summed E-state index contributed by atoms with van der Waals surface area (Å²) < 4.78 is 27.0. The molecule has 0 aliphatic carbocycles. The Morgan fingerprint density at radius 2 is 1.85 bits per heavy atom. The average Bonchev–Trinajstić information content (AvgIpc) is 3.18. The van der Waals surface area contributed by atoms with Gasteiger partial charge in [0.05, 0.1) is 20.9 Å². The van der Waals surface area contributed by atoms with Gasteiger partial charge in [0.25, 0.3) is 5.91 Å². The number of hydrogen-bond donors (Lipinski definition) is 3. The number of thiazole rings is 1. The lowest BCUT2D eigenvalue weighted by Gasteiger charge is -2.10. The molecule has 0 atom stereocenters. The molecule has 0 radical (unpaired) electrons. The number of rotatable bonds is 5. The van der Waals surface area contributed by atoms with Crippen molar-refractivity contribution in [3.05, 3.63) is 87.9 Å². The lowest BCUT2D eigenvalue weighted by Crippen LogP contribution is -2.28. The van der Waals surface area contributed by atoms with Gasteiger partial charge in [0, 0.05) is 12.1 Å². The van der Waals surface area contributed by atoms with E-state index in [0.717, 1.165) is 17.7 Å². The fraction of sp³-hybridized carbons (Fsp3) is 0.0870. The SMILES string of the molecule is Cc1cccc(Cl)c1NC(=O)c1ccc2nc(NC(=O)NCc3ccc(F)c(F)c3)sc2c1. The molecule has 10 heteroatoms. The second-order valence-corrected chi connectivity index (χ2v) is 8.58. The first-order valence-electron chi connectivity index (χ1n) is 9.76. The zero-order valence-electron chi connectivity index (χ0n) is 17.2. The summed E-state index contributed by atoms with van der Waals surface area (Å²) >= 11 is 7.38. The van der Waals surface area contributed by atoms with E-state index in [9.17, 15) is 18.4 Å². The molecule has 0 aliphatic rings. The van der Waals surface area contributed by atoms with Crippen molar-refractivity contribution in [1.82, 2.24) is 10.3 Å². The molecule has 0 aliphatic heterocycles. The summed E-state index contributed by atoms with van der Waals surface area (Å²) in [5.41, 5.74) is 2.84. The number of amides is 3. The van der Waals surface area contributed by atoms with E-state index in [1.165, 1.54) is 17.4 Å². The quantitative estimate of drug-likeness (QED) is 0.318. The van der Waals surface area contributed by atoms with Crippen LogP contribution in [-0.2, 0) is 6.54 Å². The number of aryl methyl sites for hydroxylation is 1. The molecule has 0 bridgehead atoms. The Balaban J connectivity index is 1.42. The summed E-state index contributed by atoms with van der Waals surface area (Å²) in [5, 5.41) is 8.75. The molecule has 0 unspecified atom stereocenters. The lowest BCUT2D eigenvalue weighted by molar-refractivity contribution is 0.102. The molecular formula is C23H17ClF2N4O2S. The number of para-hydroxylation sites is 1. The van der Waals surface area contributed by atoms with E-state index >= 15 is 0 Å². The van der Waals surface area contributed by atoms with Gasteiger partial charge in [-0.1, -0.05) is 41.1 Å². The Kier molecular flexibility index (Phi) is 6.52. The number of fused-ring (bicyclic) bond motifs is 1. The van der Waals surface area contributed by atoms with Crippen molar-refractivity contribution < 1.29 is 18.4 Å². The van der Waals surface area contributed by atoms with Crippen LogP contribution in [0.5, 0.6) is 0 Å². The van der Waals surface area contributed by atoms with Gasteiger partial charge < -0.3 is 10.6 Å². The van der Waals surface area contributed by atoms with Gasteiger partial charge in [0.15, 0.2) is 16.8 Å². The largest absolute Gasteiger partial charge is 0.334 e. The number of carbonyl (C=O) groups is 2. The smallest absolute Gasteiger partial charge is 0.321 e. The zero-order chi connectivity index (χ0) is 23.5. The highest BCUT2D eigenvalue weighted by Gasteiger charge is 2.14. The number of hydrogen-bond acceptors (Lipinski definition) is 4. The topological polar surface area (TPSA) is 83.1 Å². The molecule has 1 aromatic heterocycles. The van der Waals surface area contributed by atoms with E-state index in [0.29, 0.717) is 37.2 Å². The summed E-state index contributed by atoms with van der Waals surface area (Å²) in [7, 11) is 0. The molecular weight excluding hydrogens is 470 g/mol. The van der Waals surface area contributed by atoms with Gasteiger partial charge in [-0.2, -0.15) is 0 Å². The highest BCUT2D eigenvalue weighted by atomic mass is 35.5. The Hall–Kier alpha value is -3.56. The third-order valence-electron chi connectivity index (χ3n) is 4.77. The first-order chi connectivity index (χ1) is 15.8. The Morgan fingerprint density at radius 1 is 1.03 bits per heavy atom. The Labute approximate surface area is 196 Å². The van der Waals surface area contributed by atoms with Crippen LogP contribution in [0.3, 0.4) is 0 Å². The number of nitrogens with zero attached hydrogens (tertiary/aromatic N) is 1. The monoisotopic (exact) mass is 486 g/mol. The fourth-order valence-corrected chi connectivity index (χ4v) is 4.24. The molecule has 3 N–H and O–H groups in total. The van der Waals surface area contributed by atoms with E-state index in [4.69, 9.17) is 11.6 Å². The van der Waals surface area contributed by atoms with Crippen molar-refractivity contribution in [2.45, 2.75) is 13.5 Å². The van der Waals surface area contributed by atoms with Crippen LogP contribution in [0.4, 0.5) is 24.4 Å². The normalized spacial score (nSPS) is 10.8. The van der Waals surface area contributed by atoms with Gasteiger partial charge in [0.2, 0.25) is 0 Å². The number of urea groups is 1. The predicted octanol–water partition coefficient (Wildman–Crippen LogP) is 6.11. The highest BCUT2D eigenvalue weighted by molar-refractivity contribution is 7.22. The van der Waals surface area contributed by atoms with E-state index in [2.05, 4.69) is 20.9 Å². The molecule has 33 heavy (non-hydrogen) atoms. The minimum atomic E-state index is -0.981. The third-order valence-corrected chi connectivity index (χ3v) is 6.02. The van der Waals surface area contributed by atoms with Crippen LogP contribution in [0.2, 0.25) is 5.02 Å². The van der Waals surface area contributed by atoms with Gasteiger partial charge in [0.1, 0.15) is 0 Å². The van der Waals surface area contributed by atoms with Gasteiger partial charge >= 0.3 is 6.03 Å². The summed E-state index contributed by atoms with van der Waals surface area (Å²) in [5.74, 6) is -2.25. The summed E-state index contributed by atoms with van der Waals surface area (Å²) in [6, 6.07) is 13.2. The average molecular weight is 487 g/mol. The van der Waals surface area contributed by atoms with Crippen molar-refractivity contribution in [3.8, 4) is 0 Å². The van der Waals surface area contributed by atoms with Crippen LogP contribution in [0.25, 0.3) is 10.2 Å². The number of nitrogens with one attached hydrogen (secondary N) is 3. The zero-order valence-corrected chi connectivity index (χ0v) is 18.8. The maximum Gasteiger partial charge on any atom is 0.321 e. The first-order valence-corrected chi connectivity index (χ1v) is 11.0. The van der Waals surface area contributed by atoms with Gasteiger partial charge in [-0.15, -0.1) is 0 Å². The van der Waals surface area contributed by atoms with Crippen LogP contribution < -0.4 is 16.0 Å². The van der Waals surface area contributed by atoms with E-state index in [-0.39, 0.29) is 12.5 Å². The standard InChI is InChI=1S/C23H17ClF2N4O2S/c1-12-3-2-4-15(24)20(12)29-21(31)14-6-8-18-19(10-14)33-23(28-18)30-22(32)27-11-13-5-7-16(25)17(26)9-13/h2-10H,11H2,1H3,(H,29,31)(H2,27,28,30,32). The fourth-order valence-electron chi connectivity index (χ4n) is 3.07. The van der Waals surface area contributed by atoms with Crippen molar-refractivity contribution in [2.75, 3.05) is 10.6 Å². The molecule has 3 amide bonds. The number of halogens is 3. The minimum absolute atomic E-state index is 0.0136. The van der Waals surface area contributed by atoms with Gasteiger partial charge in [-0.3, -0.25) is 10.1 Å². The van der Waals surface area contributed by atoms with Crippen LogP contribution in [0.1, 0.15) is 21.5 Å². The lowest BCUT2D eigenvalue weighted by atomic mass is 10.1.